The van der Waals surface area contributed by atoms with Crippen molar-refractivity contribution in [1.29, 1.82) is 0 Å². The van der Waals surface area contributed by atoms with Gasteiger partial charge in [0.2, 0.25) is 5.91 Å². The summed E-state index contributed by atoms with van der Waals surface area (Å²) >= 11 is 0. The van der Waals surface area contributed by atoms with Gasteiger partial charge in [0.25, 0.3) is 0 Å². The minimum Gasteiger partial charge on any atom is -0.345 e. The van der Waals surface area contributed by atoms with E-state index < -0.39 is 0 Å². The number of hydrogen-bond acceptors (Lipinski definition) is 1. The van der Waals surface area contributed by atoms with Crippen molar-refractivity contribution < 1.29 is 4.79 Å². The molecule has 30 heavy (non-hydrogen) atoms. The van der Waals surface area contributed by atoms with Crippen LogP contribution >= 0.6 is 0 Å². The minimum atomic E-state index is 0.248. The second-order valence-electron chi connectivity index (χ2n) is 8.12. The van der Waals surface area contributed by atoms with Gasteiger partial charge in [-0.05, 0) is 43.0 Å². The Hall–Kier alpha value is -2.81. The summed E-state index contributed by atoms with van der Waals surface area (Å²) in [6.45, 7) is 6.67. The molecule has 0 unspecified atom stereocenters. The van der Waals surface area contributed by atoms with E-state index in [1.54, 1.807) is 0 Å². The molecule has 0 saturated heterocycles. The highest BCUT2D eigenvalue weighted by Gasteiger charge is 2.15. The van der Waals surface area contributed by atoms with E-state index in [1.807, 2.05) is 18.2 Å². The van der Waals surface area contributed by atoms with Crippen molar-refractivity contribution in [2.45, 2.75) is 59.0 Å². The van der Waals surface area contributed by atoms with Gasteiger partial charge in [-0.15, -0.1) is 0 Å². The molecule has 0 radical (unpaired) electrons. The van der Waals surface area contributed by atoms with E-state index in [0.29, 0.717) is 13.0 Å². The van der Waals surface area contributed by atoms with Crippen LogP contribution in [0.5, 0.6) is 0 Å². The van der Waals surface area contributed by atoms with Crippen molar-refractivity contribution in [2.24, 2.45) is 0 Å². The number of nitrogens with zero attached hydrogens (tertiary/aromatic N) is 2. The van der Waals surface area contributed by atoms with Crippen LogP contribution in [0.15, 0.2) is 72.9 Å². The zero-order chi connectivity index (χ0) is 21.2. The Morgan fingerprint density at radius 1 is 0.933 bits per heavy atom. The van der Waals surface area contributed by atoms with Gasteiger partial charge in [-0.2, -0.15) is 0 Å². The summed E-state index contributed by atoms with van der Waals surface area (Å²) < 4.78 is 2.27. The molecule has 0 atom stereocenters. The zero-order valence-corrected chi connectivity index (χ0v) is 18.4. The fourth-order valence-corrected chi connectivity index (χ4v) is 3.85. The van der Waals surface area contributed by atoms with Crippen molar-refractivity contribution in [3.05, 3.63) is 95.3 Å². The van der Waals surface area contributed by atoms with Crippen LogP contribution in [0.4, 0.5) is 0 Å². The van der Waals surface area contributed by atoms with Gasteiger partial charge in [0, 0.05) is 31.4 Å². The van der Waals surface area contributed by atoms with Crippen LogP contribution < -0.4 is 0 Å². The average molecular weight is 403 g/mol. The van der Waals surface area contributed by atoms with Gasteiger partial charge >= 0.3 is 0 Å². The zero-order valence-electron chi connectivity index (χ0n) is 18.4. The Bertz CT molecular complexity index is 913. The topological polar surface area (TPSA) is 25.2 Å². The fraction of sp³-hybridized carbons (Fsp3) is 0.370. The van der Waals surface area contributed by atoms with E-state index in [-0.39, 0.29) is 5.91 Å². The van der Waals surface area contributed by atoms with E-state index in [2.05, 4.69) is 78.0 Å². The smallest absolute Gasteiger partial charge is 0.223 e. The van der Waals surface area contributed by atoms with Gasteiger partial charge in [0.15, 0.2) is 0 Å². The molecule has 0 aliphatic heterocycles. The lowest BCUT2D eigenvalue weighted by molar-refractivity contribution is -0.132. The van der Waals surface area contributed by atoms with Crippen LogP contribution in [0.25, 0.3) is 0 Å². The van der Waals surface area contributed by atoms with Crippen molar-refractivity contribution in [1.82, 2.24) is 9.47 Å². The Kier molecular flexibility index (Phi) is 8.31. The largest absolute Gasteiger partial charge is 0.345 e. The molecule has 1 heterocycles. The van der Waals surface area contributed by atoms with Crippen molar-refractivity contribution in [3.8, 4) is 0 Å². The summed E-state index contributed by atoms with van der Waals surface area (Å²) in [4.78, 5) is 15.1. The molecular formula is C27H34N2O. The molecule has 0 fully saturated rings. The lowest BCUT2D eigenvalue weighted by Gasteiger charge is -2.24. The van der Waals surface area contributed by atoms with Crippen LogP contribution in [0.2, 0.25) is 0 Å². The van der Waals surface area contributed by atoms with Crippen molar-refractivity contribution >= 4 is 5.91 Å². The molecule has 0 bridgehead atoms. The first kappa shape index (κ1) is 21.9. The summed E-state index contributed by atoms with van der Waals surface area (Å²) in [5.41, 5.74) is 4.99. The lowest BCUT2D eigenvalue weighted by Crippen LogP contribution is -2.32. The molecule has 0 aliphatic rings. The fourth-order valence-electron chi connectivity index (χ4n) is 3.85. The third-order valence-corrected chi connectivity index (χ3v) is 5.57. The maximum absolute atomic E-state index is 13.1. The molecule has 1 amide bonds. The van der Waals surface area contributed by atoms with E-state index in [9.17, 15) is 4.79 Å². The molecular weight excluding hydrogens is 368 g/mol. The third kappa shape index (κ3) is 6.62. The Morgan fingerprint density at radius 2 is 1.73 bits per heavy atom. The molecule has 3 heteroatoms. The van der Waals surface area contributed by atoms with Crippen molar-refractivity contribution in [2.75, 3.05) is 6.54 Å². The molecule has 2 aromatic carbocycles. The second-order valence-corrected chi connectivity index (χ2v) is 8.12. The number of benzene rings is 2. The highest BCUT2D eigenvalue weighted by Crippen LogP contribution is 2.14. The molecule has 3 aromatic rings. The molecule has 158 valence electrons. The highest BCUT2D eigenvalue weighted by atomic mass is 16.2. The van der Waals surface area contributed by atoms with Crippen LogP contribution in [0, 0.1) is 6.92 Å². The summed E-state index contributed by atoms with van der Waals surface area (Å²) in [5, 5.41) is 0. The summed E-state index contributed by atoms with van der Waals surface area (Å²) in [6.07, 6.45) is 6.87. The Morgan fingerprint density at radius 3 is 2.50 bits per heavy atom. The lowest BCUT2D eigenvalue weighted by atomic mass is 10.1. The minimum absolute atomic E-state index is 0.248. The van der Waals surface area contributed by atoms with Gasteiger partial charge in [-0.1, -0.05) is 79.9 Å². The number of carbonyl (C=O) groups excluding carboxylic acids is 1. The van der Waals surface area contributed by atoms with E-state index in [4.69, 9.17) is 0 Å². The SMILES string of the molecule is CCCCCN(Cc1cccn1Cc1cccc(C)c1)C(=O)CCc1ccccc1. The number of rotatable bonds is 11. The number of aryl methyl sites for hydroxylation is 2. The standard InChI is InChI=1S/C27H34N2O/c1-3-4-8-18-29(27(30)17-16-24-12-6-5-7-13-24)22-26-15-10-19-28(26)21-25-14-9-11-23(2)20-25/h5-7,9-15,19-20H,3-4,8,16-18,21-22H2,1-2H3. The van der Waals surface area contributed by atoms with Gasteiger partial charge in [0.05, 0.1) is 6.54 Å². The number of hydrogen-bond donors (Lipinski definition) is 0. The normalized spacial score (nSPS) is 10.9. The number of unbranched alkanes of at least 4 members (excludes halogenated alkanes) is 2. The predicted octanol–water partition coefficient (Wildman–Crippen LogP) is 6.00. The monoisotopic (exact) mass is 402 g/mol. The second kappa shape index (κ2) is 11.4. The molecule has 3 rings (SSSR count). The first-order valence-electron chi connectivity index (χ1n) is 11.2. The van der Waals surface area contributed by atoms with Gasteiger partial charge in [-0.3, -0.25) is 4.79 Å². The van der Waals surface area contributed by atoms with Gasteiger partial charge < -0.3 is 9.47 Å². The quantitative estimate of drug-likeness (QED) is 0.361. The number of amides is 1. The molecule has 1 aromatic heterocycles. The number of aromatic nitrogens is 1. The van der Waals surface area contributed by atoms with E-state index in [1.165, 1.54) is 22.4 Å². The highest BCUT2D eigenvalue weighted by molar-refractivity contribution is 5.76. The molecule has 0 saturated carbocycles. The average Bonchev–Trinajstić information content (AvgIpc) is 3.18. The first-order chi connectivity index (χ1) is 14.7. The van der Waals surface area contributed by atoms with Gasteiger partial charge in [-0.25, -0.2) is 0 Å². The predicted molar refractivity (Wildman–Crippen MR) is 124 cm³/mol. The first-order valence-corrected chi connectivity index (χ1v) is 11.2. The maximum Gasteiger partial charge on any atom is 0.223 e. The van der Waals surface area contributed by atoms with Crippen LogP contribution in [-0.2, 0) is 24.3 Å². The Balaban J connectivity index is 1.67. The molecule has 3 nitrogen and oxygen atoms in total. The summed E-state index contributed by atoms with van der Waals surface area (Å²) in [7, 11) is 0. The van der Waals surface area contributed by atoms with Gasteiger partial charge in [0.1, 0.15) is 0 Å². The van der Waals surface area contributed by atoms with Crippen LogP contribution in [0.3, 0.4) is 0 Å². The molecule has 0 aliphatic carbocycles. The van der Waals surface area contributed by atoms with Crippen molar-refractivity contribution in [3.63, 3.8) is 0 Å². The van der Waals surface area contributed by atoms with Crippen LogP contribution in [0.1, 0.15) is 55.0 Å². The summed E-state index contributed by atoms with van der Waals surface area (Å²) in [6, 6.07) is 23.2. The third-order valence-electron chi connectivity index (χ3n) is 5.57. The summed E-state index contributed by atoms with van der Waals surface area (Å²) in [5.74, 6) is 0.248. The number of carbonyl (C=O) groups is 1. The van der Waals surface area contributed by atoms with E-state index >= 15 is 0 Å². The van der Waals surface area contributed by atoms with E-state index in [0.717, 1.165) is 38.8 Å². The maximum atomic E-state index is 13.1. The Labute approximate surface area is 181 Å². The molecule has 0 spiro atoms. The van der Waals surface area contributed by atoms with Crippen LogP contribution in [-0.4, -0.2) is 21.9 Å². The molecule has 0 N–H and O–H groups in total.